The Kier molecular flexibility index (Phi) is 8.03. The standard InChI is InChI=1S/C16H34N2O2/c1-5-14(3)18(10-11-20-4)15-8-7-9-16(12-15,13-19)17-6-2/h14-15,17,19H,5-13H2,1-4H3. The molecule has 0 amide bonds. The quantitative estimate of drug-likeness (QED) is 0.681. The van der Waals surface area contributed by atoms with Crippen LogP contribution in [0.15, 0.2) is 0 Å². The highest BCUT2D eigenvalue weighted by atomic mass is 16.5. The minimum absolute atomic E-state index is 0.0730. The zero-order valence-corrected chi connectivity index (χ0v) is 13.8. The van der Waals surface area contributed by atoms with Crippen molar-refractivity contribution in [3.05, 3.63) is 0 Å². The van der Waals surface area contributed by atoms with E-state index in [2.05, 4.69) is 31.0 Å². The Balaban J connectivity index is 2.74. The largest absolute Gasteiger partial charge is 0.394 e. The van der Waals surface area contributed by atoms with Gasteiger partial charge in [-0.15, -0.1) is 0 Å². The number of aliphatic hydroxyl groups excluding tert-OH is 1. The van der Waals surface area contributed by atoms with Gasteiger partial charge in [-0.05, 0) is 45.6 Å². The first-order valence-electron chi connectivity index (χ1n) is 8.23. The smallest absolute Gasteiger partial charge is 0.0613 e. The van der Waals surface area contributed by atoms with E-state index in [1.54, 1.807) is 7.11 Å². The number of likely N-dealkylation sites (N-methyl/N-ethyl adjacent to an activating group) is 1. The average Bonchev–Trinajstić information content (AvgIpc) is 2.48. The van der Waals surface area contributed by atoms with Crippen LogP contribution < -0.4 is 5.32 Å². The third kappa shape index (κ3) is 4.69. The van der Waals surface area contributed by atoms with Crippen molar-refractivity contribution in [2.24, 2.45) is 0 Å². The van der Waals surface area contributed by atoms with Crippen molar-refractivity contribution in [2.45, 2.75) is 70.5 Å². The first-order chi connectivity index (χ1) is 9.62. The molecule has 0 spiro atoms. The van der Waals surface area contributed by atoms with E-state index in [4.69, 9.17) is 4.74 Å². The molecule has 3 unspecified atom stereocenters. The summed E-state index contributed by atoms with van der Waals surface area (Å²) in [6, 6.07) is 1.13. The van der Waals surface area contributed by atoms with Gasteiger partial charge in [0.2, 0.25) is 0 Å². The normalized spacial score (nSPS) is 28.8. The molecule has 1 fully saturated rings. The summed E-state index contributed by atoms with van der Waals surface area (Å²) in [6.07, 6.45) is 5.73. The molecule has 1 aliphatic carbocycles. The zero-order chi connectivity index (χ0) is 15.0. The van der Waals surface area contributed by atoms with E-state index < -0.39 is 0 Å². The van der Waals surface area contributed by atoms with Crippen LogP contribution in [0.4, 0.5) is 0 Å². The van der Waals surface area contributed by atoms with Gasteiger partial charge in [-0.3, -0.25) is 4.90 Å². The second kappa shape index (κ2) is 8.98. The maximum absolute atomic E-state index is 9.84. The molecule has 20 heavy (non-hydrogen) atoms. The second-order valence-electron chi connectivity index (χ2n) is 6.21. The Morgan fingerprint density at radius 1 is 1.45 bits per heavy atom. The molecule has 4 nitrogen and oxygen atoms in total. The molecule has 120 valence electrons. The van der Waals surface area contributed by atoms with E-state index in [0.717, 1.165) is 39.0 Å². The summed E-state index contributed by atoms with van der Waals surface area (Å²) in [5.74, 6) is 0. The first kappa shape index (κ1) is 17.9. The van der Waals surface area contributed by atoms with Crippen molar-refractivity contribution in [3.63, 3.8) is 0 Å². The molecule has 0 aromatic carbocycles. The van der Waals surface area contributed by atoms with E-state index >= 15 is 0 Å². The van der Waals surface area contributed by atoms with E-state index in [0.29, 0.717) is 12.1 Å². The topological polar surface area (TPSA) is 44.7 Å². The number of hydrogen-bond acceptors (Lipinski definition) is 4. The number of hydrogen-bond donors (Lipinski definition) is 2. The van der Waals surface area contributed by atoms with Gasteiger partial charge in [0.1, 0.15) is 0 Å². The van der Waals surface area contributed by atoms with Gasteiger partial charge in [0.05, 0.1) is 13.2 Å². The predicted molar refractivity (Wildman–Crippen MR) is 84.1 cm³/mol. The molecule has 0 bridgehead atoms. The number of ether oxygens (including phenoxy) is 1. The summed E-state index contributed by atoms with van der Waals surface area (Å²) in [5.41, 5.74) is -0.0730. The highest BCUT2D eigenvalue weighted by Crippen LogP contribution is 2.32. The lowest BCUT2D eigenvalue weighted by Crippen LogP contribution is -2.57. The van der Waals surface area contributed by atoms with Crippen molar-refractivity contribution in [2.75, 3.05) is 33.4 Å². The fraction of sp³-hybridized carbons (Fsp3) is 1.00. The maximum atomic E-state index is 9.84. The molecule has 0 aromatic rings. The Hall–Kier alpha value is -0.160. The van der Waals surface area contributed by atoms with Gasteiger partial charge in [-0.2, -0.15) is 0 Å². The fourth-order valence-corrected chi connectivity index (χ4v) is 3.54. The van der Waals surface area contributed by atoms with Gasteiger partial charge in [-0.1, -0.05) is 13.8 Å². The molecular formula is C16H34N2O2. The third-order valence-corrected chi connectivity index (χ3v) is 4.85. The molecule has 1 saturated carbocycles. The van der Waals surface area contributed by atoms with E-state index in [1.165, 1.54) is 12.8 Å². The molecule has 0 aliphatic heterocycles. The van der Waals surface area contributed by atoms with Crippen LogP contribution in [0.2, 0.25) is 0 Å². The minimum atomic E-state index is -0.0730. The Labute approximate surface area is 124 Å². The number of aliphatic hydroxyl groups is 1. The molecule has 1 aliphatic rings. The molecule has 1 rings (SSSR count). The number of nitrogens with zero attached hydrogens (tertiary/aromatic N) is 1. The van der Waals surface area contributed by atoms with Crippen LogP contribution in [-0.4, -0.2) is 61.0 Å². The van der Waals surface area contributed by atoms with Crippen molar-refractivity contribution in [3.8, 4) is 0 Å². The van der Waals surface area contributed by atoms with E-state index in [-0.39, 0.29) is 12.1 Å². The Bertz CT molecular complexity index is 259. The van der Waals surface area contributed by atoms with Crippen LogP contribution in [0, 0.1) is 0 Å². The lowest BCUT2D eigenvalue weighted by atomic mass is 9.78. The highest BCUT2D eigenvalue weighted by Gasteiger charge is 2.38. The zero-order valence-electron chi connectivity index (χ0n) is 13.8. The van der Waals surface area contributed by atoms with Crippen molar-refractivity contribution < 1.29 is 9.84 Å². The first-order valence-corrected chi connectivity index (χ1v) is 8.23. The number of rotatable bonds is 9. The number of nitrogens with one attached hydrogen (secondary N) is 1. The molecule has 0 radical (unpaired) electrons. The second-order valence-corrected chi connectivity index (χ2v) is 6.21. The van der Waals surface area contributed by atoms with Gasteiger partial charge in [0.25, 0.3) is 0 Å². The van der Waals surface area contributed by atoms with E-state index in [1.807, 2.05) is 0 Å². The van der Waals surface area contributed by atoms with Crippen molar-refractivity contribution >= 4 is 0 Å². The summed E-state index contributed by atoms with van der Waals surface area (Å²) >= 11 is 0. The minimum Gasteiger partial charge on any atom is -0.394 e. The highest BCUT2D eigenvalue weighted by molar-refractivity contribution is 4.97. The maximum Gasteiger partial charge on any atom is 0.0613 e. The Morgan fingerprint density at radius 2 is 2.20 bits per heavy atom. The third-order valence-electron chi connectivity index (χ3n) is 4.85. The lowest BCUT2D eigenvalue weighted by molar-refractivity contribution is 0.0272. The summed E-state index contributed by atoms with van der Waals surface area (Å²) in [4.78, 5) is 2.59. The summed E-state index contributed by atoms with van der Waals surface area (Å²) in [6.45, 7) is 9.62. The molecule has 0 heterocycles. The van der Waals surface area contributed by atoms with Gasteiger partial charge in [0, 0.05) is 31.3 Å². The van der Waals surface area contributed by atoms with Gasteiger partial charge in [-0.25, -0.2) is 0 Å². The summed E-state index contributed by atoms with van der Waals surface area (Å²) in [5, 5.41) is 13.4. The Morgan fingerprint density at radius 3 is 2.75 bits per heavy atom. The predicted octanol–water partition coefficient (Wildman–Crippen LogP) is 2.02. The molecular weight excluding hydrogens is 252 g/mol. The lowest BCUT2D eigenvalue weighted by Gasteiger charge is -2.46. The molecule has 0 saturated heterocycles. The molecule has 2 N–H and O–H groups in total. The van der Waals surface area contributed by atoms with Crippen molar-refractivity contribution in [1.82, 2.24) is 10.2 Å². The molecule has 0 aromatic heterocycles. The summed E-state index contributed by atoms with van der Waals surface area (Å²) < 4.78 is 5.28. The van der Waals surface area contributed by atoms with Crippen LogP contribution in [0.25, 0.3) is 0 Å². The van der Waals surface area contributed by atoms with E-state index in [9.17, 15) is 5.11 Å². The molecule has 4 heteroatoms. The van der Waals surface area contributed by atoms with Crippen LogP contribution in [-0.2, 0) is 4.74 Å². The fourth-order valence-electron chi connectivity index (χ4n) is 3.54. The van der Waals surface area contributed by atoms with Crippen LogP contribution >= 0.6 is 0 Å². The van der Waals surface area contributed by atoms with Gasteiger partial charge in [0.15, 0.2) is 0 Å². The SMILES string of the molecule is CCNC1(CO)CCCC(N(CCOC)C(C)CC)C1. The molecule has 3 atom stereocenters. The monoisotopic (exact) mass is 286 g/mol. The van der Waals surface area contributed by atoms with Crippen LogP contribution in [0.1, 0.15) is 52.9 Å². The number of methoxy groups -OCH3 is 1. The van der Waals surface area contributed by atoms with Crippen molar-refractivity contribution in [1.29, 1.82) is 0 Å². The summed E-state index contributed by atoms with van der Waals surface area (Å²) in [7, 11) is 1.77. The van der Waals surface area contributed by atoms with Gasteiger partial charge >= 0.3 is 0 Å². The average molecular weight is 286 g/mol. The van der Waals surface area contributed by atoms with Crippen LogP contribution in [0.3, 0.4) is 0 Å². The van der Waals surface area contributed by atoms with Gasteiger partial charge < -0.3 is 15.2 Å². The van der Waals surface area contributed by atoms with Crippen LogP contribution in [0.5, 0.6) is 0 Å².